The first-order valence-electron chi connectivity index (χ1n) is 5.92. The van der Waals surface area contributed by atoms with E-state index in [0.29, 0.717) is 12.1 Å². The second-order valence-electron chi connectivity index (χ2n) is 4.56. The molecule has 0 amide bonds. The highest BCUT2D eigenvalue weighted by Gasteiger charge is 2.39. The average molecular weight is 212 g/mol. The highest BCUT2D eigenvalue weighted by Crippen LogP contribution is 2.30. The van der Waals surface area contributed by atoms with Gasteiger partial charge in [-0.15, -0.1) is 0 Å². The van der Waals surface area contributed by atoms with Crippen LogP contribution in [-0.4, -0.2) is 59.1 Å². The van der Waals surface area contributed by atoms with Crippen LogP contribution in [0.1, 0.15) is 26.2 Å². The maximum Gasteiger partial charge on any atom is 0.317 e. The Labute approximate surface area is 90.9 Å². The molecule has 2 fully saturated rings. The summed E-state index contributed by atoms with van der Waals surface area (Å²) in [7, 11) is 0. The van der Waals surface area contributed by atoms with Crippen LogP contribution in [0.2, 0.25) is 0 Å². The molecule has 0 spiro atoms. The molecular formula is C11H20N2O2. The molecule has 2 heterocycles. The van der Waals surface area contributed by atoms with Gasteiger partial charge in [-0.25, -0.2) is 0 Å². The Kier molecular flexibility index (Phi) is 3.26. The van der Waals surface area contributed by atoms with Crippen molar-refractivity contribution in [3.63, 3.8) is 0 Å². The topological polar surface area (TPSA) is 43.8 Å². The second kappa shape index (κ2) is 4.49. The molecule has 2 atom stereocenters. The first kappa shape index (κ1) is 10.9. The molecule has 2 aliphatic heterocycles. The van der Waals surface area contributed by atoms with Crippen LogP contribution in [0.5, 0.6) is 0 Å². The van der Waals surface area contributed by atoms with E-state index in [0.717, 1.165) is 19.5 Å². The Hall–Kier alpha value is -0.610. The van der Waals surface area contributed by atoms with Crippen molar-refractivity contribution in [2.45, 2.75) is 38.3 Å². The highest BCUT2D eigenvalue weighted by atomic mass is 16.4. The Morgan fingerprint density at radius 3 is 2.93 bits per heavy atom. The van der Waals surface area contributed by atoms with Gasteiger partial charge in [-0.1, -0.05) is 6.92 Å². The van der Waals surface area contributed by atoms with E-state index in [1.165, 1.54) is 19.4 Å². The molecule has 0 aromatic rings. The van der Waals surface area contributed by atoms with Crippen molar-refractivity contribution in [2.24, 2.45) is 0 Å². The summed E-state index contributed by atoms with van der Waals surface area (Å²) in [6, 6.07) is 1.11. The fourth-order valence-electron chi connectivity index (χ4n) is 3.12. The van der Waals surface area contributed by atoms with Crippen LogP contribution in [0, 0.1) is 0 Å². The van der Waals surface area contributed by atoms with Gasteiger partial charge in [0, 0.05) is 18.6 Å². The normalized spacial score (nSPS) is 31.1. The van der Waals surface area contributed by atoms with Crippen LogP contribution >= 0.6 is 0 Å². The zero-order chi connectivity index (χ0) is 10.8. The summed E-state index contributed by atoms with van der Waals surface area (Å²) in [5.74, 6) is -0.701. The third-order valence-electron chi connectivity index (χ3n) is 3.78. The summed E-state index contributed by atoms with van der Waals surface area (Å²) in [6.07, 6.45) is 3.68. The van der Waals surface area contributed by atoms with Crippen LogP contribution in [-0.2, 0) is 4.79 Å². The number of fused-ring (bicyclic) bond motifs is 1. The van der Waals surface area contributed by atoms with E-state index in [-0.39, 0.29) is 6.54 Å². The predicted octanol–water partition coefficient (Wildman–Crippen LogP) is 0.630. The minimum atomic E-state index is -0.701. The predicted molar refractivity (Wildman–Crippen MR) is 57.9 cm³/mol. The summed E-state index contributed by atoms with van der Waals surface area (Å²) in [5.41, 5.74) is 0. The molecule has 4 nitrogen and oxygen atoms in total. The molecular weight excluding hydrogens is 192 g/mol. The number of carboxylic acids is 1. The molecule has 2 unspecified atom stereocenters. The van der Waals surface area contributed by atoms with Gasteiger partial charge in [0.05, 0.1) is 6.54 Å². The molecule has 0 aliphatic carbocycles. The number of nitrogens with zero attached hydrogens (tertiary/aromatic N) is 2. The lowest BCUT2D eigenvalue weighted by Gasteiger charge is -2.30. The fraction of sp³-hybridized carbons (Fsp3) is 0.909. The second-order valence-corrected chi connectivity index (χ2v) is 4.56. The summed E-state index contributed by atoms with van der Waals surface area (Å²) in [5, 5.41) is 8.86. The molecule has 0 saturated carbocycles. The Morgan fingerprint density at radius 2 is 2.27 bits per heavy atom. The van der Waals surface area contributed by atoms with Gasteiger partial charge in [0.1, 0.15) is 0 Å². The minimum absolute atomic E-state index is 0.200. The quantitative estimate of drug-likeness (QED) is 0.742. The van der Waals surface area contributed by atoms with E-state index in [9.17, 15) is 4.79 Å². The van der Waals surface area contributed by atoms with Gasteiger partial charge in [0.15, 0.2) is 0 Å². The number of carbonyl (C=O) groups is 1. The maximum atomic E-state index is 10.8. The van der Waals surface area contributed by atoms with Crippen LogP contribution in [0.15, 0.2) is 0 Å². The van der Waals surface area contributed by atoms with E-state index < -0.39 is 5.97 Å². The van der Waals surface area contributed by atoms with Gasteiger partial charge in [-0.05, 0) is 32.4 Å². The summed E-state index contributed by atoms with van der Waals surface area (Å²) in [6.45, 7) is 5.48. The monoisotopic (exact) mass is 212 g/mol. The zero-order valence-corrected chi connectivity index (χ0v) is 9.35. The SMILES string of the molecule is CCN(CC(=O)O)C1CCN2CCCC12. The largest absolute Gasteiger partial charge is 0.480 e. The van der Waals surface area contributed by atoms with E-state index in [1.807, 2.05) is 0 Å². The maximum absolute atomic E-state index is 10.8. The third-order valence-corrected chi connectivity index (χ3v) is 3.78. The lowest BCUT2D eigenvalue weighted by molar-refractivity contribution is -0.139. The molecule has 2 rings (SSSR count). The summed E-state index contributed by atoms with van der Waals surface area (Å²) < 4.78 is 0. The number of likely N-dealkylation sites (N-methyl/N-ethyl adjacent to an activating group) is 1. The molecule has 86 valence electrons. The van der Waals surface area contributed by atoms with Crippen molar-refractivity contribution in [1.82, 2.24) is 9.80 Å². The van der Waals surface area contributed by atoms with E-state index in [2.05, 4.69) is 16.7 Å². The number of carboxylic acid groups (broad SMARTS) is 1. The van der Waals surface area contributed by atoms with Crippen LogP contribution < -0.4 is 0 Å². The van der Waals surface area contributed by atoms with Crippen molar-refractivity contribution in [1.29, 1.82) is 0 Å². The van der Waals surface area contributed by atoms with Crippen molar-refractivity contribution < 1.29 is 9.90 Å². The van der Waals surface area contributed by atoms with Crippen LogP contribution in [0.25, 0.3) is 0 Å². The fourth-order valence-corrected chi connectivity index (χ4v) is 3.12. The summed E-state index contributed by atoms with van der Waals surface area (Å²) >= 11 is 0. The smallest absolute Gasteiger partial charge is 0.317 e. The number of rotatable bonds is 4. The Bertz CT molecular complexity index is 245. The van der Waals surface area contributed by atoms with Crippen molar-refractivity contribution in [3.05, 3.63) is 0 Å². The van der Waals surface area contributed by atoms with Crippen molar-refractivity contribution in [3.8, 4) is 0 Å². The minimum Gasteiger partial charge on any atom is -0.480 e. The Morgan fingerprint density at radius 1 is 1.47 bits per heavy atom. The van der Waals surface area contributed by atoms with Crippen LogP contribution in [0.4, 0.5) is 0 Å². The zero-order valence-electron chi connectivity index (χ0n) is 9.35. The van der Waals surface area contributed by atoms with Gasteiger partial charge in [-0.2, -0.15) is 0 Å². The van der Waals surface area contributed by atoms with E-state index in [1.54, 1.807) is 0 Å². The summed E-state index contributed by atoms with van der Waals surface area (Å²) in [4.78, 5) is 15.4. The lowest BCUT2D eigenvalue weighted by atomic mass is 10.0. The van der Waals surface area contributed by atoms with Crippen molar-refractivity contribution >= 4 is 5.97 Å². The number of aliphatic carboxylic acids is 1. The molecule has 15 heavy (non-hydrogen) atoms. The molecule has 0 aromatic heterocycles. The van der Waals surface area contributed by atoms with E-state index in [4.69, 9.17) is 5.11 Å². The third kappa shape index (κ3) is 2.16. The van der Waals surface area contributed by atoms with Crippen LogP contribution in [0.3, 0.4) is 0 Å². The average Bonchev–Trinajstić information content (AvgIpc) is 2.74. The van der Waals surface area contributed by atoms with E-state index >= 15 is 0 Å². The lowest BCUT2D eigenvalue weighted by Crippen LogP contribution is -2.45. The molecule has 0 aromatic carbocycles. The highest BCUT2D eigenvalue weighted by molar-refractivity contribution is 5.69. The first-order valence-corrected chi connectivity index (χ1v) is 5.92. The van der Waals surface area contributed by atoms with Gasteiger partial charge in [0.2, 0.25) is 0 Å². The van der Waals surface area contributed by atoms with Gasteiger partial charge < -0.3 is 5.11 Å². The first-order chi connectivity index (χ1) is 7.22. The molecule has 0 bridgehead atoms. The molecule has 1 N–H and O–H groups in total. The molecule has 2 saturated heterocycles. The molecule has 4 heteroatoms. The van der Waals surface area contributed by atoms with Gasteiger partial charge >= 0.3 is 5.97 Å². The molecule has 2 aliphatic rings. The van der Waals surface area contributed by atoms with Gasteiger partial charge in [0.25, 0.3) is 0 Å². The van der Waals surface area contributed by atoms with Gasteiger partial charge in [-0.3, -0.25) is 14.6 Å². The number of hydrogen-bond donors (Lipinski definition) is 1. The Balaban J connectivity index is 1.98. The number of hydrogen-bond acceptors (Lipinski definition) is 3. The standard InChI is InChI=1S/C11H20N2O2/c1-2-12(8-11(14)15)10-5-7-13-6-3-4-9(10)13/h9-10H,2-8H2,1H3,(H,14,15). The molecule has 0 radical (unpaired) electrons. The van der Waals surface area contributed by atoms with Crippen molar-refractivity contribution in [2.75, 3.05) is 26.2 Å².